The van der Waals surface area contributed by atoms with E-state index in [1.165, 1.54) is 6.33 Å². The van der Waals surface area contributed by atoms with Gasteiger partial charge < -0.3 is 19.4 Å². The van der Waals surface area contributed by atoms with Crippen LogP contribution in [0.5, 0.6) is 0 Å². The summed E-state index contributed by atoms with van der Waals surface area (Å²) in [5.41, 5.74) is 1.89. The third-order valence-corrected chi connectivity index (χ3v) is 5.06. The van der Waals surface area contributed by atoms with Gasteiger partial charge in [0.25, 0.3) is 0 Å². The van der Waals surface area contributed by atoms with Gasteiger partial charge >= 0.3 is 5.97 Å². The summed E-state index contributed by atoms with van der Waals surface area (Å²) in [5.74, 6) is 0.439. The van der Waals surface area contributed by atoms with Crippen LogP contribution in [0.25, 0.3) is 0 Å². The van der Waals surface area contributed by atoms with Gasteiger partial charge in [0, 0.05) is 5.70 Å². The molecule has 0 bridgehead atoms. The normalized spacial score (nSPS) is 15.5. The van der Waals surface area contributed by atoms with Gasteiger partial charge in [-0.3, -0.25) is 4.79 Å². The van der Waals surface area contributed by atoms with Crippen LogP contribution in [0.1, 0.15) is 31.2 Å². The SMILES string of the molecule is CCOC(=O)C1=C(C)N(CC(=O)NCc2ccco2)c2ncnn2[C@H]1c1ccccc1. The summed E-state index contributed by atoms with van der Waals surface area (Å²) in [5, 5.41) is 7.18. The minimum Gasteiger partial charge on any atom is -0.467 e. The van der Waals surface area contributed by atoms with Crippen molar-refractivity contribution in [3.63, 3.8) is 0 Å². The Morgan fingerprint density at radius 2 is 2.00 bits per heavy atom. The van der Waals surface area contributed by atoms with E-state index in [2.05, 4.69) is 15.4 Å². The Hall–Kier alpha value is -3.88. The van der Waals surface area contributed by atoms with Crippen molar-refractivity contribution < 1.29 is 18.7 Å². The molecular formula is C22H23N5O4. The Kier molecular flexibility index (Phi) is 5.83. The van der Waals surface area contributed by atoms with Gasteiger partial charge in [-0.05, 0) is 31.5 Å². The number of furan rings is 1. The third-order valence-electron chi connectivity index (χ3n) is 5.06. The molecule has 9 heteroatoms. The van der Waals surface area contributed by atoms with Crippen LogP contribution in [0.4, 0.5) is 5.95 Å². The number of nitrogens with zero attached hydrogens (tertiary/aromatic N) is 4. The first-order chi connectivity index (χ1) is 15.1. The van der Waals surface area contributed by atoms with Gasteiger partial charge in [-0.1, -0.05) is 30.3 Å². The van der Waals surface area contributed by atoms with Crippen molar-refractivity contribution in [2.24, 2.45) is 0 Å². The predicted molar refractivity (Wildman–Crippen MR) is 112 cm³/mol. The molecule has 0 saturated carbocycles. The second-order valence-corrected chi connectivity index (χ2v) is 6.98. The molecule has 160 valence electrons. The van der Waals surface area contributed by atoms with E-state index in [-0.39, 0.29) is 25.6 Å². The number of amides is 1. The molecule has 1 aromatic carbocycles. The molecular weight excluding hydrogens is 398 g/mol. The van der Waals surface area contributed by atoms with Crippen LogP contribution in [-0.4, -0.2) is 39.8 Å². The van der Waals surface area contributed by atoms with E-state index in [1.807, 2.05) is 30.3 Å². The number of anilines is 1. The lowest BCUT2D eigenvalue weighted by molar-refractivity contribution is -0.139. The number of carbonyl (C=O) groups excluding carboxylic acids is 2. The molecule has 0 unspecified atom stereocenters. The molecule has 1 atom stereocenters. The monoisotopic (exact) mass is 421 g/mol. The summed E-state index contributed by atoms with van der Waals surface area (Å²) in [4.78, 5) is 31.6. The van der Waals surface area contributed by atoms with E-state index in [9.17, 15) is 9.59 Å². The van der Waals surface area contributed by atoms with Crippen LogP contribution in [0.15, 0.2) is 70.7 Å². The van der Waals surface area contributed by atoms with E-state index in [1.54, 1.807) is 41.8 Å². The predicted octanol–water partition coefficient (Wildman–Crippen LogP) is 2.43. The Labute approximate surface area is 179 Å². The van der Waals surface area contributed by atoms with Crippen molar-refractivity contribution in [3.8, 4) is 0 Å². The summed E-state index contributed by atoms with van der Waals surface area (Å²) in [7, 11) is 0. The summed E-state index contributed by atoms with van der Waals surface area (Å²) in [6, 6.07) is 12.6. The molecule has 0 radical (unpaired) electrons. The maximum atomic E-state index is 13.0. The average molecular weight is 421 g/mol. The number of ether oxygens (including phenoxy) is 1. The lowest BCUT2D eigenvalue weighted by atomic mass is 9.95. The topological polar surface area (TPSA) is 102 Å². The summed E-state index contributed by atoms with van der Waals surface area (Å²) in [6.45, 7) is 4.03. The first kappa shape index (κ1) is 20.4. The van der Waals surface area contributed by atoms with Gasteiger partial charge in [0.2, 0.25) is 11.9 Å². The highest BCUT2D eigenvalue weighted by atomic mass is 16.5. The molecule has 9 nitrogen and oxygen atoms in total. The van der Waals surface area contributed by atoms with Gasteiger partial charge in [0.05, 0.1) is 25.0 Å². The van der Waals surface area contributed by atoms with E-state index < -0.39 is 12.0 Å². The lowest BCUT2D eigenvalue weighted by Gasteiger charge is -2.35. The number of allylic oxidation sites excluding steroid dienone is 1. The molecule has 0 saturated heterocycles. The highest BCUT2D eigenvalue weighted by molar-refractivity contribution is 5.93. The Morgan fingerprint density at radius 3 is 2.71 bits per heavy atom. The fourth-order valence-corrected chi connectivity index (χ4v) is 3.63. The quantitative estimate of drug-likeness (QED) is 0.585. The number of carbonyl (C=O) groups is 2. The minimum absolute atomic E-state index is 0.0321. The van der Waals surface area contributed by atoms with Crippen LogP contribution in [0.2, 0.25) is 0 Å². The van der Waals surface area contributed by atoms with Crippen molar-refractivity contribution in [3.05, 3.63) is 77.6 Å². The van der Waals surface area contributed by atoms with E-state index in [0.29, 0.717) is 23.0 Å². The highest BCUT2D eigenvalue weighted by Crippen LogP contribution is 2.38. The molecule has 1 aliphatic heterocycles. The average Bonchev–Trinajstić information content (AvgIpc) is 3.46. The number of benzene rings is 1. The lowest BCUT2D eigenvalue weighted by Crippen LogP contribution is -2.42. The van der Waals surface area contributed by atoms with Gasteiger partial charge in [-0.25, -0.2) is 9.48 Å². The zero-order chi connectivity index (χ0) is 21.8. The molecule has 0 spiro atoms. The van der Waals surface area contributed by atoms with Gasteiger partial charge in [-0.15, -0.1) is 0 Å². The number of rotatable bonds is 7. The zero-order valence-corrected chi connectivity index (χ0v) is 17.3. The second-order valence-electron chi connectivity index (χ2n) is 6.98. The number of hydrogen-bond donors (Lipinski definition) is 1. The molecule has 2 aromatic heterocycles. The van der Waals surface area contributed by atoms with Gasteiger partial charge in [-0.2, -0.15) is 10.1 Å². The fraction of sp³-hybridized carbons (Fsp3) is 0.273. The molecule has 1 aliphatic rings. The summed E-state index contributed by atoms with van der Waals surface area (Å²) in [6.07, 6.45) is 2.97. The van der Waals surface area contributed by atoms with Gasteiger partial charge in [0.1, 0.15) is 24.7 Å². The van der Waals surface area contributed by atoms with Crippen molar-refractivity contribution in [2.75, 3.05) is 18.1 Å². The smallest absolute Gasteiger partial charge is 0.338 e. The Bertz CT molecular complexity index is 1090. The number of aromatic nitrogens is 3. The van der Waals surface area contributed by atoms with Crippen LogP contribution in [0, 0.1) is 0 Å². The Morgan fingerprint density at radius 1 is 1.19 bits per heavy atom. The highest BCUT2D eigenvalue weighted by Gasteiger charge is 2.38. The van der Waals surface area contributed by atoms with Crippen LogP contribution in [-0.2, 0) is 20.9 Å². The maximum Gasteiger partial charge on any atom is 0.338 e. The molecule has 4 rings (SSSR count). The van der Waals surface area contributed by atoms with Gasteiger partial charge in [0.15, 0.2) is 0 Å². The first-order valence-corrected chi connectivity index (χ1v) is 9.99. The maximum absolute atomic E-state index is 13.0. The molecule has 1 N–H and O–H groups in total. The second kappa shape index (κ2) is 8.86. The van der Waals surface area contributed by atoms with E-state index >= 15 is 0 Å². The number of hydrogen-bond acceptors (Lipinski definition) is 7. The van der Waals surface area contributed by atoms with Crippen LogP contribution >= 0.6 is 0 Å². The zero-order valence-electron chi connectivity index (χ0n) is 17.3. The molecule has 3 heterocycles. The summed E-state index contributed by atoms with van der Waals surface area (Å²) < 4.78 is 12.2. The number of esters is 1. The molecule has 0 aliphatic carbocycles. The molecule has 1 amide bonds. The number of nitrogens with one attached hydrogen (secondary N) is 1. The Balaban J connectivity index is 1.68. The van der Waals surface area contributed by atoms with Crippen molar-refractivity contribution in [1.29, 1.82) is 0 Å². The van der Waals surface area contributed by atoms with Crippen LogP contribution < -0.4 is 10.2 Å². The van der Waals surface area contributed by atoms with Crippen molar-refractivity contribution >= 4 is 17.8 Å². The molecule has 31 heavy (non-hydrogen) atoms. The van der Waals surface area contributed by atoms with Crippen molar-refractivity contribution in [1.82, 2.24) is 20.1 Å². The molecule has 0 fully saturated rings. The standard InChI is InChI=1S/C22H23N5O4/c1-3-30-21(29)19-15(2)26(13-18(28)23-12-17-10-7-11-31-17)22-24-14-25-27(22)20(19)16-8-5-4-6-9-16/h4-11,14,20H,3,12-13H2,1-2H3,(H,23,28)/t20-/m0/s1. The summed E-state index contributed by atoms with van der Waals surface area (Å²) >= 11 is 0. The fourth-order valence-electron chi connectivity index (χ4n) is 3.63. The largest absolute Gasteiger partial charge is 0.467 e. The van der Waals surface area contributed by atoms with Crippen molar-refractivity contribution in [2.45, 2.75) is 26.4 Å². The van der Waals surface area contributed by atoms with Crippen LogP contribution in [0.3, 0.4) is 0 Å². The third kappa shape index (κ3) is 4.07. The minimum atomic E-state index is -0.500. The van der Waals surface area contributed by atoms with E-state index in [4.69, 9.17) is 9.15 Å². The first-order valence-electron chi connectivity index (χ1n) is 9.99. The molecule has 3 aromatic rings. The van der Waals surface area contributed by atoms with E-state index in [0.717, 1.165) is 5.56 Å². The number of fused-ring (bicyclic) bond motifs is 1.